The van der Waals surface area contributed by atoms with Crippen molar-refractivity contribution in [1.82, 2.24) is 14.8 Å². The summed E-state index contributed by atoms with van der Waals surface area (Å²) in [6.07, 6.45) is 5.19. The van der Waals surface area contributed by atoms with Crippen LogP contribution in [0.1, 0.15) is 54.2 Å². The van der Waals surface area contributed by atoms with Gasteiger partial charge in [-0.3, -0.25) is 14.5 Å². The van der Waals surface area contributed by atoms with Crippen LogP contribution in [0.4, 0.5) is 5.69 Å². The number of carbonyl (C=O) groups is 2. The normalized spacial score (nSPS) is 14.2. The van der Waals surface area contributed by atoms with Crippen molar-refractivity contribution in [3.05, 3.63) is 53.5 Å². The molecule has 7 heteroatoms. The third-order valence-corrected chi connectivity index (χ3v) is 5.16. The molecule has 0 aliphatic heterocycles. The summed E-state index contributed by atoms with van der Waals surface area (Å²) in [5.74, 6) is -0.831. The van der Waals surface area contributed by atoms with Crippen LogP contribution in [-0.2, 0) is 10.3 Å². The number of amides is 1. The van der Waals surface area contributed by atoms with Crippen molar-refractivity contribution in [3.63, 3.8) is 0 Å². The maximum Gasteiger partial charge on any atom is 0.331 e. The van der Waals surface area contributed by atoms with Crippen LogP contribution < -0.4 is 5.32 Å². The van der Waals surface area contributed by atoms with Gasteiger partial charge in [0.05, 0.1) is 23.0 Å². The number of fused-ring (bicyclic) bond motifs is 1. The molecule has 1 amide bonds. The smallest absolute Gasteiger partial charge is 0.331 e. The first-order valence-corrected chi connectivity index (χ1v) is 9.27. The van der Waals surface area contributed by atoms with Gasteiger partial charge in [-0.1, -0.05) is 11.6 Å². The fourth-order valence-electron chi connectivity index (χ4n) is 3.13. The zero-order valence-electron chi connectivity index (χ0n) is 16.1. The molecule has 2 N–H and O–H groups in total. The molecule has 4 rings (SSSR count). The highest BCUT2D eigenvalue weighted by Gasteiger charge is 2.31. The lowest BCUT2D eigenvalue weighted by atomic mass is 10.0. The van der Waals surface area contributed by atoms with E-state index in [-0.39, 0.29) is 5.91 Å². The Kier molecular flexibility index (Phi) is 4.18. The molecule has 1 aromatic carbocycles. The summed E-state index contributed by atoms with van der Waals surface area (Å²) in [7, 11) is 0. The van der Waals surface area contributed by atoms with E-state index in [0.717, 1.165) is 35.0 Å². The lowest BCUT2D eigenvalue weighted by Crippen LogP contribution is -2.35. The highest BCUT2D eigenvalue weighted by Crippen LogP contribution is 2.40. The fraction of sp³-hybridized carbons (Fsp3) is 0.333. The van der Waals surface area contributed by atoms with Crippen LogP contribution in [0.3, 0.4) is 0 Å². The summed E-state index contributed by atoms with van der Waals surface area (Å²) in [5, 5.41) is 17.1. The number of carbonyl (C=O) groups excluding carboxylic acids is 1. The lowest BCUT2D eigenvalue weighted by Gasteiger charge is -2.19. The van der Waals surface area contributed by atoms with Gasteiger partial charge in [0.15, 0.2) is 5.54 Å². The summed E-state index contributed by atoms with van der Waals surface area (Å²) in [6.45, 7) is 5.08. The van der Waals surface area contributed by atoms with E-state index in [0.29, 0.717) is 17.2 Å². The number of nitrogens with zero attached hydrogens (tertiary/aromatic N) is 3. The summed E-state index contributed by atoms with van der Waals surface area (Å²) in [6, 6.07) is 7.78. The maximum atomic E-state index is 13.0. The Balaban J connectivity index is 1.68. The number of carboxylic acids is 1. The minimum Gasteiger partial charge on any atom is -0.479 e. The van der Waals surface area contributed by atoms with E-state index < -0.39 is 11.5 Å². The number of nitrogens with one attached hydrogen (secondary N) is 1. The Hall–Kier alpha value is -3.22. The Morgan fingerprint density at radius 1 is 1.25 bits per heavy atom. The average Bonchev–Trinajstić information content (AvgIpc) is 3.39. The van der Waals surface area contributed by atoms with Gasteiger partial charge in [-0.2, -0.15) is 5.10 Å². The molecule has 0 radical (unpaired) electrons. The first-order chi connectivity index (χ1) is 13.3. The topological polar surface area (TPSA) is 97.1 Å². The molecule has 1 aliphatic rings. The van der Waals surface area contributed by atoms with E-state index in [2.05, 4.69) is 10.4 Å². The van der Waals surface area contributed by atoms with E-state index in [1.54, 1.807) is 13.8 Å². The van der Waals surface area contributed by atoms with E-state index >= 15 is 0 Å². The van der Waals surface area contributed by atoms with Crippen LogP contribution in [0.2, 0.25) is 0 Å². The van der Waals surface area contributed by atoms with Gasteiger partial charge in [0.1, 0.15) is 0 Å². The number of anilines is 1. The van der Waals surface area contributed by atoms with Crippen LogP contribution in [-0.4, -0.2) is 31.7 Å². The minimum atomic E-state index is -1.21. The number of carboxylic acid groups (broad SMARTS) is 1. The Bertz CT molecular complexity index is 1100. The number of aliphatic carboxylic acids is 1. The second kappa shape index (κ2) is 6.44. The molecule has 1 aliphatic carbocycles. The Labute approximate surface area is 162 Å². The van der Waals surface area contributed by atoms with Gasteiger partial charge >= 0.3 is 5.97 Å². The molecule has 144 valence electrons. The molecule has 0 spiro atoms. The SMILES string of the molecule is Cc1ccc2nc(C3CC3)cc(C(=O)Nc3cnn(C(C)(C)C(=O)O)c3)c2c1. The number of aromatic nitrogens is 3. The largest absolute Gasteiger partial charge is 0.479 e. The summed E-state index contributed by atoms with van der Waals surface area (Å²) in [5.41, 5.74) is 2.62. The number of hydrogen-bond acceptors (Lipinski definition) is 4. The Morgan fingerprint density at radius 2 is 2.00 bits per heavy atom. The average molecular weight is 378 g/mol. The molecule has 2 heterocycles. The second-order valence-corrected chi connectivity index (χ2v) is 7.88. The van der Waals surface area contributed by atoms with Crippen molar-refractivity contribution in [2.75, 3.05) is 5.32 Å². The number of hydrogen-bond donors (Lipinski definition) is 2. The van der Waals surface area contributed by atoms with Crippen molar-refractivity contribution in [2.24, 2.45) is 0 Å². The highest BCUT2D eigenvalue weighted by atomic mass is 16.4. The van der Waals surface area contributed by atoms with E-state index in [1.807, 2.05) is 31.2 Å². The van der Waals surface area contributed by atoms with Gasteiger partial charge in [0.25, 0.3) is 5.91 Å². The van der Waals surface area contributed by atoms with Gasteiger partial charge in [0, 0.05) is 23.2 Å². The molecule has 0 bridgehead atoms. The van der Waals surface area contributed by atoms with Crippen LogP contribution in [0, 0.1) is 6.92 Å². The molecule has 28 heavy (non-hydrogen) atoms. The first kappa shape index (κ1) is 18.2. The molecule has 7 nitrogen and oxygen atoms in total. The van der Waals surface area contributed by atoms with Crippen molar-refractivity contribution in [3.8, 4) is 0 Å². The van der Waals surface area contributed by atoms with Crippen molar-refractivity contribution < 1.29 is 14.7 Å². The maximum absolute atomic E-state index is 13.0. The molecular weight excluding hydrogens is 356 g/mol. The van der Waals surface area contributed by atoms with E-state index in [9.17, 15) is 14.7 Å². The molecule has 1 saturated carbocycles. The van der Waals surface area contributed by atoms with E-state index in [1.165, 1.54) is 17.1 Å². The Morgan fingerprint density at radius 3 is 2.68 bits per heavy atom. The van der Waals surface area contributed by atoms with Crippen LogP contribution in [0.25, 0.3) is 10.9 Å². The van der Waals surface area contributed by atoms with Gasteiger partial charge in [-0.15, -0.1) is 0 Å². The number of pyridine rings is 1. The first-order valence-electron chi connectivity index (χ1n) is 9.27. The third kappa shape index (κ3) is 3.24. The predicted molar refractivity (Wildman–Crippen MR) is 106 cm³/mol. The van der Waals surface area contributed by atoms with Gasteiger partial charge in [-0.05, 0) is 51.8 Å². The molecule has 3 aromatic rings. The molecular formula is C21H22N4O3. The highest BCUT2D eigenvalue weighted by molar-refractivity contribution is 6.12. The fourth-order valence-corrected chi connectivity index (χ4v) is 3.13. The lowest BCUT2D eigenvalue weighted by molar-refractivity contribution is -0.146. The van der Waals surface area contributed by atoms with Crippen LogP contribution >= 0.6 is 0 Å². The standard InChI is InChI=1S/C21H22N4O3/c1-12-4-7-17-15(8-12)16(9-18(24-17)13-5-6-13)19(26)23-14-10-22-25(11-14)21(2,3)20(27)28/h4,7-11,13H,5-6H2,1-3H3,(H,23,26)(H,27,28). The quantitative estimate of drug-likeness (QED) is 0.706. The summed E-state index contributed by atoms with van der Waals surface area (Å²) >= 11 is 0. The van der Waals surface area contributed by atoms with Crippen molar-refractivity contribution in [1.29, 1.82) is 0 Å². The van der Waals surface area contributed by atoms with Gasteiger partial charge < -0.3 is 10.4 Å². The predicted octanol–water partition coefficient (Wildman–Crippen LogP) is 3.69. The zero-order valence-corrected chi connectivity index (χ0v) is 16.1. The molecule has 2 aromatic heterocycles. The second-order valence-electron chi connectivity index (χ2n) is 7.88. The minimum absolute atomic E-state index is 0.257. The molecule has 0 atom stereocenters. The number of benzene rings is 1. The number of rotatable bonds is 5. The van der Waals surface area contributed by atoms with Gasteiger partial charge in [-0.25, -0.2) is 4.79 Å². The van der Waals surface area contributed by atoms with Crippen molar-refractivity contribution >= 4 is 28.5 Å². The molecule has 0 saturated heterocycles. The van der Waals surface area contributed by atoms with Gasteiger partial charge in [0.2, 0.25) is 0 Å². The number of aryl methyl sites for hydroxylation is 1. The van der Waals surface area contributed by atoms with Crippen LogP contribution in [0.15, 0.2) is 36.7 Å². The van der Waals surface area contributed by atoms with Crippen molar-refractivity contribution in [2.45, 2.75) is 45.1 Å². The monoisotopic (exact) mass is 378 g/mol. The zero-order chi connectivity index (χ0) is 20.1. The summed E-state index contributed by atoms with van der Waals surface area (Å²) in [4.78, 5) is 29.2. The van der Waals surface area contributed by atoms with Crippen LogP contribution in [0.5, 0.6) is 0 Å². The summed E-state index contributed by atoms with van der Waals surface area (Å²) < 4.78 is 1.33. The third-order valence-electron chi connectivity index (χ3n) is 5.16. The van der Waals surface area contributed by atoms with E-state index in [4.69, 9.17) is 4.98 Å². The molecule has 0 unspecified atom stereocenters. The molecule has 1 fully saturated rings.